The van der Waals surface area contributed by atoms with Crippen molar-refractivity contribution in [1.29, 1.82) is 0 Å². The van der Waals surface area contributed by atoms with Crippen LogP contribution >= 0.6 is 0 Å². The Labute approximate surface area is 158 Å². The van der Waals surface area contributed by atoms with Crippen molar-refractivity contribution in [3.05, 3.63) is 34.5 Å². The Bertz CT molecular complexity index is 831. The van der Waals surface area contributed by atoms with E-state index in [1.54, 1.807) is 18.7 Å². The van der Waals surface area contributed by atoms with E-state index in [0.717, 1.165) is 17.0 Å². The first-order valence-electron chi connectivity index (χ1n) is 9.32. The molecule has 1 aliphatic rings. The summed E-state index contributed by atoms with van der Waals surface area (Å²) in [7, 11) is 0. The standard InChI is InChI=1S/C19H26N4O4/c1-5-26-19(25)15-6-8-22(9-7-15)18(24)17-16(14(4)27-21-17)11-23-13(3)10-12(2)20-23/h10,15H,5-9,11H2,1-4H3. The van der Waals surface area contributed by atoms with Crippen LogP contribution in [0, 0.1) is 26.7 Å². The summed E-state index contributed by atoms with van der Waals surface area (Å²) in [6.45, 7) is 9.35. The summed E-state index contributed by atoms with van der Waals surface area (Å²) in [5.41, 5.74) is 3.02. The lowest BCUT2D eigenvalue weighted by Crippen LogP contribution is -2.41. The number of carbonyl (C=O) groups excluding carboxylic acids is 2. The Kier molecular flexibility index (Phi) is 5.62. The Hall–Kier alpha value is -2.64. The number of likely N-dealkylation sites (tertiary alicyclic amines) is 1. The predicted molar refractivity (Wildman–Crippen MR) is 97.3 cm³/mol. The van der Waals surface area contributed by atoms with Crippen molar-refractivity contribution in [2.75, 3.05) is 19.7 Å². The van der Waals surface area contributed by atoms with Crippen LogP contribution in [0.3, 0.4) is 0 Å². The van der Waals surface area contributed by atoms with Crippen LogP contribution in [0.4, 0.5) is 0 Å². The molecular formula is C19H26N4O4. The maximum atomic E-state index is 13.0. The summed E-state index contributed by atoms with van der Waals surface area (Å²) in [5, 5.41) is 8.47. The fourth-order valence-corrected chi connectivity index (χ4v) is 3.46. The molecule has 3 rings (SSSR count). The first kappa shape index (κ1) is 19.1. The summed E-state index contributed by atoms with van der Waals surface area (Å²) < 4.78 is 12.2. The summed E-state index contributed by atoms with van der Waals surface area (Å²) >= 11 is 0. The van der Waals surface area contributed by atoms with Gasteiger partial charge in [-0.15, -0.1) is 0 Å². The molecule has 1 amide bonds. The molecule has 0 bridgehead atoms. The number of ether oxygens (including phenoxy) is 1. The molecule has 0 saturated carbocycles. The second-order valence-electron chi connectivity index (χ2n) is 6.97. The van der Waals surface area contributed by atoms with E-state index in [1.807, 2.05) is 24.6 Å². The summed E-state index contributed by atoms with van der Waals surface area (Å²) in [6, 6.07) is 1.99. The Morgan fingerprint density at radius 1 is 1.26 bits per heavy atom. The molecule has 0 aromatic carbocycles. The largest absolute Gasteiger partial charge is 0.466 e. The molecule has 1 aliphatic heterocycles. The first-order chi connectivity index (χ1) is 12.9. The number of hydrogen-bond acceptors (Lipinski definition) is 6. The van der Waals surface area contributed by atoms with Crippen molar-refractivity contribution < 1.29 is 18.8 Å². The molecule has 1 saturated heterocycles. The van der Waals surface area contributed by atoms with Gasteiger partial charge < -0.3 is 14.2 Å². The SMILES string of the molecule is CCOC(=O)C1CCN(C(=O)c2noc(C)c2Cn2nc(C)cc2C)CC1. The lowest BCUT2D eigenvalue weighted by molar-refractivity contribution is -0.149. The maximum absolute atomic E-state index is 13.0. The molecule has 0 radical (unpaired) electrons. The maximum Gasteiger partial charge on any atom is 0.309 e. The zero-order valence-corrected chi connectivity index (χ0v) is 16.3. The molecule has 8 heteroatoms. The third kappa shape index (κ3) is 4.04. The lowest BCUT2D eigenvalue weighted by Gasteiger charge is -2.30. The fourth-order valence-electron chi connectivity index (χ4n) is 3.46. The van der Waals surface area contributed by atoms with Crippen LogP contribution in [-0.4, -0.2) is 51.4 Å². The van der Waals surface area contributed by atoms with Crippen LogP contribution in [0.15, 0.2) is 10.6 Å². The average Bonchev–Trinajstić information content (AvgIpc) is 3.17. The molecular weight excluding hydrogens is 348 g/mol. The number of esters is 1. The highest BCUT2D eigenvalue weighted by atomic mass is 16.5. The second kappa shape index (κ2) is 7.94. The summed E-state index contributed by atoms with van der Waals surface area (Å²) in [6.07, 6.45) is 1.21. The highest BCUT2D eigenvalue weighted by molar-refractivity contribution is 5.94. The molecule has 0 unspecified atom stereocenters. The molecule has 27 heavy (non-hydrogen) atoms. The molecule has 0 N–H and O–H groups in total. The van der Waals surface area contributed by atoms with Crippen molar-refractivity contribution >= 4 is 11.9 Å². The van der Waals surface area contributed by atoms with Gasteiger partial charge in [-0.25, -0.2) is 0 Å². The van der Waals surface area contributed by atoms with Crippen LogP contribution in [-0.2, 0) is 16.1 Å². The van der Waals surface area contributed by atoms with Gasteiger partial charge in [-0.3, -0.25) is 14.3 Å². The van der Waals surface area contributed by atoms with Gasteiger partial charge in [0, 0.05) is 24.3 Å². The predicted octanol–water partition coefficient (Wildman–Crippen LogP) is 2.26. The van der Waals surface area contributed by atoms with Gasteiger partial charge in [-0.05, 0) is 46.6 Å². The van der Waals surface area contributed by atoms with E-state index in [4.69, 9.17) is 9.26 Å². The quantitative estimate of drug-likeness (QED) is 0.746. The zero-order valence-electron chi connectivity index (χ0n) is 16.3. The first-order valence-corrected chi connectivity index (χ1v) is 9.32. The molecule has 3 heterocycles. The number of aromatic nitrogens is 3. The van der Waals surface area contributed by atoms with Crippen molar-refractivity contribution in [2.24, 2.45) is 5.92 Å². The minimum Gasteiger partial charge on any atom is -0.466 e. The van der Waals surface area contributed by atoms with E-state index in [0.29, 0.717) is 50.5 Å². The molecule has 1 fully saturated rings. The smallest absolute Gasteiger partial charge is 0.309 e. The average molecular weight is 374 g/mol. The second-order valence-corrected chi connectivity index (χ2v) is 6.97. The van der Waals surface area contributed by atoms with Gasteiger partial charge in [0.1, 0.15) is 5.76 Å². The summed E-state index contributed by atoms with van der Waals surface area (Å²) in [5.74, 6) is 0.146. The van der Waals surface area contributed by atoms with Crippen LogP contribution in [0.1, 0.15) is 53.0 Å². The third-order valence-electron chi connectivity index (χ3n) is 5.00. The van der Waals surface area contributed by atoms with E-state index in [1.165, 1.54) is 0 Å². The van der Waals surface area contributed by atoms with E-state index >= 15 is 0 Å². The van der Waals surface area contributed by atoms with Crippen LogP contribution in [0.25, 0.3) is 0 Å². The third-order valence-corrected chi connectivity index (χ3v) is 5.00. The Morgan fingerprint density at radius 2 is 1.96 bits per heavy atom. The zero-order chi connectivity index (χ0) is 19.6. The van der Waals surface area contributed by atoms with Crippen LogP contribution in [0.5, 0.6) is 0 Å². The number of amides is 1. The van der Waals surface area contributed by atoms with E-state index in [2.05, 4.69) is 10.3 Å². The van der Waals surface area contributed by atoms with Gasteiger partial charge in [0.15, 0.2) is 5.69 Å². The van der Waals surface area contributed by atoms with E-state index < -0.39 is 0 Å². The molecule has 146 valence electrons. The van der Waals surface area contributed by atoms with Gasteiger partial charge in [0.25, 0.3) is 5.91 Å². The molecule has 2 aromatic heterocycles. The van der Waals surface area contributed by atoms with Gasteiger partial charge in [-0.1, -0.05) is 5.16 Å². The number of carbonyl (C=O) groups is 2. The van der Waals surface area contributed by atoms with Crippen molar-refractivity contribution in [1.82, 2.24) is 19.8 Å². The molecule has 8 nitrogen and oxygen atoms in total. The van der Waals surface area contributed by atoms with E-state index in [-0.39, 0.29) is 17.8 Å². The highest BCUT2D eigenvalue weighted by Crippen LogP contribution is 2.23. The minimum absolute atomic E-state index is 0.137. The molecule has 0 aliphatic carbocycles. The fraction of sp³-hybridized carbons (Fsp3) is 0.579. The lowest BCUT2D eigenvalue weighted by atomic mass is 9.96. The number of nitrogens with zero attached hydrogens (tertiary/aromatic N) is 4. The Balaban J connectivity index is 1.71. The van der Waals surface area contributed by atoms with Crippen molar-refractivity contribution in [3.8, 4) is 0 Å². The highest BCUT2D eigenvalue weighted by Gasteiger charge is 2.31. The minimum atomic E-state index is -0.174. The van der Waals surface area contributed by atoms with Crippen LogP contribution in [0.2, 0.25) is 0 Å². The topological polar surface area (TPSA) is 90.5 Å². The van der Waals surface area contributed by atoms with Gasteiger partial charge in [-0.2, -0.15) is 5.10 Å². The number of aryl methyl sites for hydroxylation is 3. The van der Waals surface area contributed by atoms with Gasteiger partial charge in [0.05, 0.1) is 24.8 Å². The number of piperidine rings is 1. The molecule has 0 atom stereocenters. The van der Waals surface area contributed by atoms with Crippen molar-refractivity contribution in [3.63, 3.8) is 0 Å². The molecule has 2 aromatic rings. The number of rotatable bonds is 5. The van der Waals surface area contributed by atoms with Crippen LogP contribution < -0.4 is 0 Å². The Morgan fingerprint density at radius 3 is 2.56 bits per heavy atom. The number of hydrogen-bond donors (Lipinski definition) is 0. The normalized spacial score (nSPS) is 15.2. The van der Waals surface area contributed by atoms with Gasteiger partial charge >= 0.3 is 5.97 Å². The van der Waals surface area contributed by atoms with E-state index in [9.17, 15) is 9.59 Å². The van der Waals surface area contributed by atoms with Crippen molar-refractivity contribution in [2.45, 2.75) is 47.1 Å². The monoisotopic (exact) mass is 374 g/mol. The molecule has 0 spiro atoms. The van der Waals surface area contributed by atoms with Gasteiger partial charge in [0.2, 0.25) is 0 Å². The summed E-state index contributed by atoms with van der Waals surface area (Å²) in [4.78, 5) is 26.6.